The Kier molecular flexibility index (Phi) is 2.75. The summed E-state index contributed by atoms with van der Waals surface area (Å²) in [7, 11) is 0. The molecule has 0 fully saturated rings. The smallest absolute Gasteiger partial charge is 0.339 e. The summed E-state index contributed by atoms with van der Waals surface area (Å²) < 4.78 is 0. The first-order valence-corrected chi connectivity index (χ1v) is 2.72. The van der Waals surface area contributed by atoms with Crippen LogP contribution in [0.4, 0.5) is 0 Å². The largest absolute Gasteiger partial charge is 0.477 e. The van der Waals surface area contributed by atoms with Gasteiger partial charge in [-0.1, -0.05) is 20.4 Å². The predicted molar refractivity (Wildman–Crippen MR) is 35.1 cm³/mol. The molecule has 0 aromatic carbocycles. The van der Waals surface area contributed by atoms with Gasteiger partial charge in [-0.05, 0) is 5.92 Å². The molecule has 0 aliphatic carbocycles. The number of rotatable bonds is 2. The van der Waals surface area contributed by atoms with Gasteiger partial charge < -0.3 is 5.11 Å². The summed E-state index contributed by atoms with van der Waals surface area (Å²) >= 11 is 0. The standard InChI is InChI=1S/C7H10O2/c1-4-6(5(2)3)7(8)9/h5H,1H2,2-3H3,(H,8,9). The molecular formula is C7H10O2. The van der Waals surface area contributed by atoms with Gasteiger partial charge in [0.1, 0.15) is 0 Å². The van der Waals surface area contributed by atoms with Crippen LogP contribution in [0, 0.1) is 5.92 Å². The Morgan fingerprint density at radius 2 is 2.11 bits per heavy atom. The van der Waals surface area contributed by atoms with Gasteiger partial charge in [-0.3, -0.25) is 0 Å². The molecule has 0 saturated heterocycles. The van der Waals surface area contributed by atoms with E-state index in [0.29, 0.717) is 0 Å². The topological polar surface area (TPSA) is 37.3 Å². The SMILES string of the molecule is C=C=C(C(=O)O)C(C)C. The molecule has 0 saturated carbocycles. The van der Waals surface area contributed by atoms with Crippen LogP contribution in [-0.2, 0) is 4.79 Å². The van der Waals surface area contributed by atoms with Gasteiger partial charge in [-0.15, -0.1) is 5.73 Å². The van der Waals surface area contributed by atoms with Gasteiger partial charge >= 0.3 is 5.97 Å². The second-order valence-electron chi connectivity index (χ2n) is 2.05. The number of hydrogen-bond donors (Lipinski definition) is 1. The molecule has 0 aliphatic rings. The molecule has 0 unspecified atom stereocenters. The zero-order valence-electron chi connectivity index (χ0n) is 5.64. The highest BCUT2D eigenvalue weighted by Gasteiger charge is 2.09. The summed E-state index contributed by atoms with van der Waals surface area (Å²) in [5, 5.41) is 8.40. The Morgan fingerprint density at radius 1 is 1.67 bits per heavy atom. The minimum atomic E-state index is -0.931. The van der Waals surface area contributed by atoms with Crippen LogP contribution in [0.25, 0.3) is 0 Å². The van der Waals surface area contributed by atoms with E-state index < -0.39 is 5.97 Å². The molecule has 0 spiro atoms. The molecular weight excluding hydrogens is 116 g/mol. The first-order valence-electron chi connectivity index (χ1n) is 2.72. The van der Waals surface area contributed by atoms with Crippen LogP contribution < -0.4 is 0 Å². The molecule has 0 aromatic heterocycles. The van der Waals surface area contributed by atoms with Crippen LogP contribution in [0.3, 0.4) is 0 Å². The second-order valence-corrected chi connectivity index (χ2v) is 2.05. The van der Waals surface area contributed by atoms with Gasteiger partial charge in [0.15, 0.2) is 0 Å². The summed E-state index contributed by atoms with van der Waals surface area (Å²) in [5.74, 6) is -0.931. The van der Waals surface area contributed by atoms with E-state index in [2.05, 4.69) is 12.3 Å². The number of hydrogen-bond acceptors (Lipinski definition) is 1. The van der Waals surface area contributed by atoms with Gasteiger partial charge in [0, 0.05) is 0 Å². The fourth-order valence-electron chi connectivity index (χ4n) is 0.527. The predicted octanol–water partition coefficient (Wildman–Crippen LogP) is 1.44. The van der Waals surface area contributed by atoms with Crippen molar-refractivity contribution in [2.24, 2.45) is 5.92 Å². The van der Waals surface area contributed by atoms with E-state index in [0.717, 1.165) is 0 Å². The van der Waals surface area contributed by atoms with Crippen molar-refractivity contribution in [1.82, 2.24) is 0 Å². The average molecular weight is 126 g/mol. The first kappa shape index (κ1) is 7.99. The highest BCUT2D eigenvalue weighted by atomic mass is 16.4. The Labute approximate surface area is 54.5 Å². The van der Waals surface area contributed by atoms with Gasteiger partial charge in [0.2, 0.25) is 0 Å². The van der Waals surface area contributed by atoms with Crippen LogP contribution in [0.5, 0.6) is 0 Å². The third kappa shape index (κ3) is 2.15. The van der Waals surface area contributed by atoms with Crippen molar-refractivity contribution in [2.45, 2.75) is 13.8 Å². The van der Waals surface area contributed by atoms with Crippen LogP contribution in [0.2, 0.25) is 0 Å². The molecule has 0 amide bonds. The number of carbonyl (C=O) groups is 1. The molecule has 50 valence electrons. The highest BCUT2D eigenvalue weighted by molar-refractivity contribution is 5.86. The van der Waals surface area contributed by atoms with Crippen molar-refractivity contribution in [3.63, 3.8) is 0 Å². The normalized spacial score (nSPS) is 8.78. The molecule has 0 radical (unpaired) electrons. The van der Waals surface area contributed by atoms with E-state index in [-0.39, 0.29) is 11.5 Å². The maximum atomic E-state index is 10.2. The van der Waals surface area contributed by atoms with Crippen LogP contribution in [-0.4, -0.2) is 11.1 Å². The zero-order chi connectivity index (χ0) is 7.44. The number of aliphatic carboxylic acids is 1. The van der Waals surface area contributed by atoms with Crippen molar-refractivity contribution in [2.75, 3.05) is 0 Å². The molecule has 0 heterocycles. The molecule has 0 atom stereocenters. The molecule has 2 heteroatoms. The summed E-state index contributed by atoms with van der Waals surface area (Å²) in [5.41, 5.74) is 2.61. The Hall–Kier alpha value is -1.01. The van der Waals surface area contributed by atoms with Gasteiger partial charge in [-0.25, -0.2) is 4.79 Å². The second kappa shape index (κ2) is 3.10. The summed E-state index contributed by atoms with van der Waals surface area (Å²) in [6.45, 7) is 6.85. The first-order chi connectivity index (χ1) is 4.09. The zero-order valence-corrected chi connectivity index (χ0v) is 5.64. The average Bonchev–Trinajstić information content (AvgIpc) is 1.64. The number of carboxylic acid groups (broad SMARTS) is 1. The third-order valence-electron chi connectivity index (χ3n) is 0.998. The molecule has 1 N–H and O–H groups in total. The van der Waals surface area contributed by atoms with Crippen molar-refractivity contribution in [3.8, 4) is 0 Å². The van der Waals surface area contributed by atoms with Crippen molar-refractivity contribution >= 4 is 5.97 Å². The van der Waals surface area contributed by atoms with Gasteiger partial charge in [0.25, 0.3) is 0 Å². The van der Waals surface area contributed by atoms with Crippen LogP contribution >= 0.6 is 0 Å². The fourth-order valence-corrected chi connectivity index (χ4v) is 0.527. The van der Waals surface area contributed by atoms with E-state index in [1.54, 1.807) is 13.8 Å². The number of carboxylic acids is 1. The summed E-state index contributed by atoms with van der Waals surface area (Å²) in [4.78, 5) is 10.2. The minimum Gasteiger partial charge on any atom is -0.477 e. The molecule has 9 heavy (non-hydrogen) atoms. The van der Waals surface area contributed by atoms with Gasteiger partial charge in [0.05, 0.1) is 5.57 Å². The lowest BCUT2D eigenvalue weighted by Gasteiger charge is -1.99. The minimum absolute atomic E-state index is 0.000000000000000444. The van der Waals surface area contributed by atoms with Crippen molar-refractivity contribution in [3.05, 3.63) is 17.9 Å². The summed E-state index contributed by atoms with van der Waals surface area (Å²) in [6, 6.07) is 0. The Bertz CT molecular complexity index is 162. The Balaban J connectivity index is 4.38. The lowest BCUT2D eigenvalue weighted by molar-refractivity contribution is -0.133. The van der Waals surface area contributed by atoms with E-state index in [9.17, 15) is 4.79 Å². The molecule has 0 aliphatic heterocycles. The van der Waals surface area contributed by atoms with Crippen LogP contribution in [0.1, 0.15) is 13.8 Å². The van der Waals surface area contributed by atoms with E-state index in [1.165, 1.54) is 0 Å². The lowest BCUT2D eigenvalue weighted by atomic mass is 10.1. The molecule has 0 aromatic rings. The van der Waals surface area contributed by atoms with E-state index in [1.807, 2.05) is 0 Å². The fraction of sp³-hybridized carbons (Fsp3) is 0.429. The van der Waals surface area contributed by atoms with E-state index >= 15 is 0 Å². The maximum Gasteiger partial charge on any atom is 0.339 e. The monoisotopic (exact) mass is 126 g/mol. The van der Waals surface area contributed by atoms with E-state index in [4.69, 9.17) is 5.11 Å². The summed E-state index contributed by atoms with van der Waals surface area (Å²) in [6.07, 6.45) is 0. The third-order valence-corrected chi connectivity index (χ3v) is 0.998. The maximum absolute atomic E-state index is 10.2. The Morgan fingerprint density at radius 3 is 2.11 bits per heavy atom. The highest BCUT2D eigenvalue weighted by Crippen LogP contribution is 2.06. The molecule has 0 rings (SSSR count). The quantitative estimate of drug-likeness (QED) is 0.449. The lowest BCUT2D eigenvalue weighted by Crippen LogP contribution is -2.05. The van der Waals surface area contributed by atoms with Crippen molar-refractivity contribution in [1.29, 1.82) is 0 Å². The molecule has 2 nitrogen and oxygen atoms in total. The van der Waals surface area contributed by atoms with Gasteiger partial charge in [-0.2, -0.15) is 0 Å². The van der Waals surface area contributed by atoms with Crippen molar-refractivity contribution < 1.29 is 9.90 Å². The molecule has 0 bridgehead atoms. The van der Waals surface area contributed by atoms with Crippen LogP contribution in [0.15, 0.2) is 17.9 Å².